The number of hydrogen-bond donors (Lipinski definition) is 2. The summed E-state index contributed by atoms with van der Waals surface area (Å²) in [6.45, 7) is -0.926. The highest BCUT2D eigenvalue weighted by molar-refractivity contribution is 5.95. The lowest BCUT2D eigenvalue weighted by molar-refractivity contribution is -0.143. The molecule has 0 atom stereocenters. The van der Waals surface area contributed by atoms with Gasteiger partial charge in [0.05, 0.1) is 12.7 Å². The van der Waals surface area contributed by atoms with Gasteiger partial charge in [-0.3, -0.25) is 4.79 Å². The molecule has 0 aromatic heterocycles. The lowest BCUT2D eigenvalue weighted by Gasteiger charge is -2.06. The lowest BCUT2D eigenvalue weighted by Crippen LogP contribution is -2.20. The Morgan fingerprint density at radius 1 is 1.26 bits per heavy atom. The Morgan fingerprint density at radius 2 is 2.00 bits per heavy atom. The van der Waals surface area contributed by atoms with Gasteiger partial charge >= 0.3 is 11.9 Å². The second-order valence-electron chi connectivity index (χ2n) is 3.51. The van der Waals surface area contributed by atoms with Crippen molar-refractivity contribution in [3.8, 4) is 0 Å². The largest absolute Gasteiger partial charge is 0.480 e. The Labute approximate surface area is 109 Å². The van der Waals surface area contributed by atoms with E-state index in [1.165, 1.54) is 13.2 Å². The number of rotatable bonds is 6. The average molecular weight is 267 g/mol. The van der Waals surface area contributed by atoms with E-state index in [0.717, 1.165) is 0 Å². The van der Waals surface area contributed by atoms with Crippen LogP contribution in [0.5, 0.6) is 0 Å². The van der Waals surface area contributed by atoms with Gasteiger partial charge in [-0.05, 0) is 18.2 Å². The maximum absolute atomic E-state index is 11.4. The van der Waals surface area contributed by atoms with Crippen molar-refractivity contribution in [3.63, 3.8) is 0 Å². The highest BCUT2D eigenvalue weighted by Gasteiger charge is 2.08. The number of anilines is 1. The average Bonchev–Trinajstić information content (AvgIpc) is 2.37. The predicted molar refractivity (Wildman–Crippen MR) is 64.9 cm³/mol. The Morgan fingerprint density at radius 3 is 2.63 bits per heavy atom. The van der Waals surface area contributed by atoms with Crippen LogP contribution in [0.1, 0.15) is 10.4 Å². The molecule has 0 saturated carbocycles. The molecule has 1 aromatic rings. The number of nitrogens with one attached hydrogen (secondary N) is 1. The van der Waals surface area contributed by atoms with Crippen LogP contribution in [0, 0.1) is 0 Å². The number of methoxy groups -OCH3 is 1. The molecule has 1 rings (SSSR count). The molecule has 102 valence electrons. The number of aliphatic carboxylic acids is 1. The Balaban J connectivity index is 2.54. The van der Waals surface area contributed by atoms with E-state index in [2.05, 4.69) is 14.8 Å². The zero-order valence-electron chi connectivity index (χ0n) is 10.2. The summed E-state index contributed by atoms with van der Waals surface area (Å²) < 4.78 is 9.17. The molecule has 0 aliphatic carbocycles. The summed E-state index contributed by atoms with van der Waals surface area (Å²) in [5.41, 5.74) is 0.693. The van der Waals surface area contributed by atoms with Crippen molar-refractivity contribution in [2.24, 2.45) is 0 Å². The molecule has 0 spiro atoms. The van der Waals surface area contributed by atoms with Crippen LogP contribution in [0.4, 0.5) is 5.69 Å². The minimum absolute atomic E-state index is 0.298. The zero-order chi connectivity index (χ0) is 14.3. The van der Waals surface area contributed by atoms with Crippen molar-refractivity contribution in [2.45, 2.75) is 0 Å². The molecule has 1 aromatic carbocycles. The number of carboxylic acids is 1. The van der Waals surface area contributed by atoms with Crippen molar-refractivity contribution < 1.29 is 29.0 Å². The van der Waals surface area contributed by atoms with Crippen LogP contribution in [0.25, 0.3) is 0 Å². The number of carbonyl (C=O) groups is 3. The molecular formula is C12H13NO6. The zero-order valence-corrected chi connectivity index (χ0v) is 10.2. The van der Waals surface area contributed by atoms with Gasteiger partial charge in [-0.2, -0.15) is 0 Å². The minimum Gasteiger partial charge on any atom is -0.480 e. The Hall–Kier alpha value is -2.41. The Kier molecular flexibility index (Phi) is 5.49. The summed E-state index contributed by atoms with van der Waals surface area (Å²) in [7, 11) is 1.26. The number of hydrogen-bond acceptors (Lipinski definition) is 5. The third kappa shape index (κ3) is 5.17. The topological polar surface area (TPSA) is 102 Å². The maximum atomic E-state index is 11.4. The van der Waals surface area contributed by atoms with Crippen LogP contribution in [-0.2, 0) is 19.1 Å². The van der Waals surface area contributed by atoms with Gasteiger partial charge in [0.2, 0.25) is 5.91 Å². The molecular weight excluding hydrogens is 254 g/mol. The standard InChI is InChI=1S/C12H13NO6/c1-18-12(17)8-3-2-4-9(5-8)13-10(14)6-19-7-11(15)16/h2-5H,6-7H2,1H3,(H,13,14)(H,15,16). The molecule has 0 saturated heterocycles. The molecule has 7 nitrogen and oxygen atoms in total. The quantitative estimate of drug-likeness (QED) is 0.728. The number of benzene rings is 1. The van der Waals surface area contributed by atoms with E-state index in [1.807, 2.05) is 0 Å². The fourth-order valence-corrected chi connectivity index (χ4v) is 1.27. The van der Waals surface area contributed by atoms with Crippen LogP contribution < -0.4 is 5.32 Å². The first kappa shape index (κ1) is 14.7. The molecule has 1 amide bonds. The summed E-state index contributed by atoms with van der Waals surface area (Å²) in [6, 6.07) is 6.16. The van der Waals surface area contributed by atoms with E-state index in [4.69, 9.17) is 5.11 Å². The van der Waals surface area contributed by atoms with E-state index in [0.29, 0.717) is 11.3 Å². The van der Waals surface area contributed by atoms with Crippen LogP contribution in [0.2, 0.25) is 0 Å². The van der Waals surface area contributed by atoms with Gasteiger partial charge in [0.1, 0.15) is 13.2 Å². The fraction of sp³-hybridized carbons (Fsp3) is 0.250. The maximum Gasteiger partial charge on any atom is 0.337 e. The van der Waals surface area contributed by atoms with E-state index in [-0.39, 0.29) is 6.61 Å². The van der Waals surface area contributed by atoms with E-state index in [1.54, 1.807) is 18.2 Å². The summed E-state index contributed by atoms with van der Waals surface area (Å²) in [4.78, 5) is 32.9. The summed E-state index contributed by atoms with van der Waals surface area (Å²) >= 11 is 0. The predicted octanol–water partition coefficient (Wildman–Crippen LogP) is 0.513. The van der Waals surface area contributed by atoms with Gasteiger partial charge < -0.3 is 19.9 Å². The molecule has 0 unspecified atom stereocenters. The normalized spacial score (nSPS) is 9.74. The van der Waals surface area contributed by atoms with Gasteiger partial charge in [0.25, 0.3) is 0 Å². The van der Waals surface area contributed by atoms with Gasteiger partial charge in [0.15, 0.2) is 0 Å². The molecule has 7 heteroatoms. The number of ether oxygens (including phenoxy) is 2. The number of amides is 1. The van der Waals surface area contributed by atoms with Crippen LogP contribution >= 0.6 is 0 Å². The first-order chi connectivity index (χ1) is 9.02. The lowest BCUT2D eigenvalue weighted by atomic mass is 10.2. The molecule has 19 heavy (non-hydrogen) atoms. The van der Waals surface area contributed by atoms with Crippen LogP contribution in [-0.4, -0.2) is 43.3 Å². The third-order valence-electron chi connectivity index (χ3n) is 2.03. The fourth-order valence-electron chi connectivity index (χ4n) is 1.27. The van der Waals surface area contributed by atoms with Crippen molar-refractivity contribution in [2.75, 3.05) is 25.6 Å². The highest BCUT2D eigenvalue weighted by Crippen LogP contribution is 2.11. The Bertz CT molecular complexity index is 485. The second-order valence-corrected chi connectivity index (χ2v) is 3.51. The van der Waals surface area contributed by atoms with Gasteiger partial charge in [-0.1, -0.05) is 6.07 Å². The number of carbonyl (C=O) groups excluding carboxylic acids is 2. The SMILES string of the molecule is COC(=O)c1cccc(NC(=O)COCC(=O)O)c1. The summed E-state index contributed by atoms with van der Waals surface area (Å²) in [5.74, 6) is -2.18. The first-order valence-electron chi connectivity index (χ1n) is 5.30. The second kappa shape index (κ2) is 7.12. The molecule has 0 aliphatic heterocycles. The third-order valence-corrected chi connectivity index (χ3v) is 2.03. The van der Waals surface area contributed by atoms with E-state index >= 15 is 0 Å². The first-order valence-corrected chi connectivity index (χ1v) is 5.30. The molecule has 0 radical (unpaired) electrons. The summed E-state index contributed by atoms with van der Waals surface area (Å²) in [6.07, 6.45) is 0. The van der Waals surface area contributed by atoms with Gasteiger partial charge in [-0.15, -0.1) is 0 Å². The van der Waals surface area contributed by atoms with Crippen molar-refractivity contribution in [3.05, 3.63) is 29.8 Å². The van der Waals surface area contributed by atoms with Crippen molar-refractivity contribution in [1.29, 1.82) is 0 Å². The van der Waals surface area contributed by atoms with Crippen LogP contribution in [0.3, 0.4) is 0 Å². The van der Waals surface area contributed by atoms with Crippen LogP contribution in [0.15, 0.2) is 24.3 Å². The monoisotopic (exact) mass is 267 g/mol. The smallest absolute Gasteiger partial charge is 0.337 e. The van der Waals surface area contributed by atoms with Crippen molar-refractivity contribution in [1.82, 2.24) is 0 Å². The summed E-state index contributed by atoms with van der Waals surface area (Å²) in [5, 5.41) is 10.8. The van der Waals surface area contributed by atoms with Gasteiger partial charge in [-0.25, -0.2) is 9.59 Å². The molecule has 0 heterocycles. The number of carboxylic acid groups (broad SMARTS) is 1. The molecule has 2 N–H and O–H groups in total. The number of esters is 1. The highest BCUT2D eigenvalue weighted by atomic mass is 16.5. The van der Waals surface area contributed by atoms with Crippen molar-refractivity contribution >= 4 is 23.5 Å². The minimum atomic E-state index is -1.15. The van der Waals surface area contributed by atoms with Gasteiger partial charge in [0, 0.05) is 5.69 Å². The molecule has 0 bridgehead atoms. The molecule has 0 aliphatic rings. The van der Waals surface area contributed by atoms with E-state index in [9.17, 15) is 14.4 Å². The van der Waals surface area contributed by atoms with E-state index < -0.39 is 24.5 Å². The molecule has 0 fully saturated rings.